The molecule has 136 valence electrons. The maximum atomic E-state index is 2.48. The Morgan fingerprint density at radius 3 is 1.21 bits per heavy atom. The van der Waals surface area contributed by atoms with Crippen molar-refractivity contribution in [3.05, 3.63) is 28.8 Å². The van der Waals surface area contributed by atoms with E-state index in [-0.39, 0.29) is 16.2 Å². The van der Waals surface area contributed by atoms with Crippen LogP contribution in [-0.2, 0) is 16.2 Å². The second-order valence-corrected chi connectivity index (χ2v) is 14.4. The van der Waals surface area contributed by atoms with Crippen LogP contribution >= 0.6 is 15.7 Å². The molecule has 0 atom stereocenters. The van der Waals surface area contributed by atoms with Gasteiger partial charge in [-0.25, -0.2) is 0 Å². The van der Waals surface area contributed by atoms with Crippen LogP contribution in [0.4, 0.5) is 0 Å². The highest BCUT2D eigenvalue weighted by Crippen LogP contribution is 2.39. The summed E-state index contributed by atoms with van der Waals surface area (Å²) in [6, 6.07) is 4.96. The normalized spacial score (nSPS) is 14.5. The molecule has 0 saturated carbocycles. The van der Waals surface area contributed by atoms with Gasteiger partial charge >= 0.3 is 0 Å². The molecule has 2 heteroatoms. The van der Waals surface area contributed by atoms with Gasteiger partial charge in [-0.05, 0) is 40.8 Å². The summed E-state index contributed by atoms with van der Waals surface area (Å²) in [6.07, 6.45) is 0. The van der Waals surface area contributed by atoms with E-state index in [4.69, 9.17) is 0 Å². The van der Waals surface area contributed by atoms with Crippen molar-refractivity contribution in [3.63, 3.8) is 0 Å². The monoisotopic (exact) mass is 364 g/mol. The summed E-state index contributed by atoms with van der Waals surface area (Å²) in [6.45, 7) is 28.1. The fraction of sp³-hybridized carbons (Fsp3) is 0.727. The van der Waals surface area contributed by atoms with Crippen LogP contribution in [-0.4, -0.2) is 5.16 Å². The number of hydrogen-bond acceptors (Lipinski definition) is 0. The van der Waals surface area contributed by atoms with Gasteiger partial charge in [0, 0.05) is 10.5 Å². The SMILES string of the molecule is CC(C)(C)P=Pc1c(C(C)(C)C)cc(C(C)(C)C)cc1C(C)(C)C. The summed E-state index contributed by atoms with van der Waals surface area (Å²) in [5.41, 5.74) is 5.02. The Morgan fingerprint density at radius 1 is 0.583 bits per heavy atom. The smallest absolute Gasteiger partial charge is 0.0135 e. The Hall–Kier alpha value is -0.180. The maximum Gasteiger partial charge on any atom is 0.0135 e. The standard InChI is InChI=1S/C22H38P2/c1-19(2,3)15-13-16(20(4,5)6)18(23-24-22(10,11)12)17(14-15)21(7,8)9/h13-14H,1-12H3. The van der Waals surface area contributed by atoms with E-state index >= 15 is 0 Å². The topological polar surface area (TPSA) is 0 Å². The summed E-state index contributed by atoms with van der Waals surface area (Å²) in [5.74, 6) is 0. The van der Waals surface area contributed by atoms with Crippen LogP contribution in [0, 0.1) is 0 Å². The third-order valence-corrected chi connectivity index (χ3v) is 8.12. The molecule has 0 spiro atoms. The summed E-state index contributed by atoms with van der Waals surface area (Å²) in [4.78, 5) is 0. The van der Waals surface area contributed by atoms with Gasteiger partial charge in [0.25, 0.3) is 0 Å². The fourth-order valence-electron chi connectivity index (χ4n) is 2.52. The molecule has 0 nitrogen and oxygen atoms in total. The molecule has 1 aromatic rings. The Morgan fingerprint density at radius 2 is 0.958 bits per heavy atom. The van der Waals surface area contributed by atoms with Gasteiger partial charge in [0.05, 0.1) is 0 Å². The van der Waals surface area contributed by atoms with Crippen molar-refractivity contribution in [1.82, 2.24) is 0 Å². The van der Waals surface area contributed by atoms with Crippen molar-refractivity contribution in [1.29, 1.82) is 0 Å². The van der Waals surface area contributed by atoms with Crippen molar-refractivity contribution in [2.24, 2.45) is 0 Å². The van der Waals surface area contributed by atoms with Gasteiger partial charge in [-0.2, -0.15) is 0 Å². The second kappa shape index (κ2) is 6.85. The van der Waals surface area contributed by atoms with Crippen LogP contribution in [0.15, 0.2) is 12.1 Å². The van der Waals surface area contributed by atoms with Gasteiger partial charge in [0.15, 0.2) is 0 Å². The molecule has 0 radical (unpaired) electrons. The average molecular weight is 364 g/mol. The van der Waals surface area contributed by atoms with Gasteiger partial charge in [-0.15, -0.1) is 0 Å². The van der Waals surface area contributed by atoms with Crippen molar-refractivity contribution in [2.45, 2.75) is 104 Å². The molecule has 0 amide bonds. The summed E-state index contributed by atoms with van der Waals surface area (Å²) in [7, 11) is 2.92. The van der Waals surface area contributed by atoms with Gasteiger partial charge < -0.3 is 0 Å². The minimum absolute atomic E-state index is 0.164. The van der Waals surface area contributed by atoms with Crippen LogP contribution in [0.2, 0.25) is 0 Å². The van der Waals surface area contributed by atoms with Crippen molar-refractivity contribution < 1.29 is 0 Å². The first kappa shape index (κ1) is 21.9. The largest absolute Gasteiger partial charge is 0.0649 e. The lowest BCUT2D eigenvalue weighted by molar-refractivity contribution is 0.554. The van der Waals surface area contributed by atoms with E-state index in [0.29, 0.717) is 5.16 Å². The molecule has 0 aliphatic rings. The Bertz CT molecular complexity index is 574. The van der Waals surface area contributed by atoms with Crippen molar-refractivity contribution in [3.8, 4) is 0 Å². The minimum Gasteiger partial charge on any atom is -0.0649 e. The molecule has 0 heterocycles. The molecular weight excluding hydrogens is 326 g/mol. The summed E-state index contributed by atoms with van der Waals surface area (Å²) in [5, 5.41) is 1.88. The third-order valence-electron chi connectivity index (χ3n) is 4.04. The predicted molar refractivity (Wildman–Crippen MR) is 116 cm³/mol. The predicted octanol–water partition coefficient (Wildman–Crippen LogP) is 7.81. The van der Waals surface area contributed by atoms with Crippen molar-refractivity contribution in [2.75, 3.05) is 0 Å². The van der Waals surface area contributed by atoms with Crippen LogP contribution in [0.3, 0.4) is 0 Å². The van der Waals surface area contributed by atoms with Gasteiger partial charge in [0.2, 0.25) is 0 Å². The van der Waals surface area contributed by atoms with Crippen molar-refractivity contribution >= 4 is 21.0 Å². The van der Waals surface area contributed by atoms with E-state index in [0.717, 1.165) is 0 Å². The molecule has 1 rings (SSSR count). The zero-order valence-corrected chi connectivity index (χ0v) is 19.8. The Labute approximate surface area is 154 Å². The third kappa shape index (κ3) is 5.97. The maximum absolute atomic E-state index is 2.48. The molecule has 0 aliphatic heterocycles. The quantitative estimate of drug-likeness (QED) is 0.446. The first-order valence-electron chi connectivity index (χ1n) is 9.05. The average Bonchev–Trinajstić information content (AvgIpc) is 2.30. The van der Waals surface area contributed by atoms with E-state index in [1.54, 1.807) is 5.30 Å². The summed E-state index contributed by atoms with van der Waals surface area (Å²) >= 11 is 0. The highest BCUT2D eigenvalue weighted by Gasteiger charge is 2.28. The highest BCUT2D eigenvalue weighted by atomic mass is 31.7. The molecule has 0 aliphatic carbocycles. The number of benzene rings is 1. The van der Waals surface area contributed by atoms with Gasteiger partial charge in [-0.1, -0.05) is 103 Å². The highest BCUT2D eigenvalue weighted by molar-refractivity contribution is 7.88. The lowest BCUT2D eigenvalue weighted by Crippen LogP contribution is -2.29. The lowest BCUT2D eigenvalue weighted by atomic mass is 9.75. The van der Waals surface area contributed by atoms with Crippen LogP contribution in [0.1, 0.15) is 99.8 Å². The van der Waals surface area contributed by atoms with Crippen LogP contribution in [0.25, 0.3) is 0 Å². The molecule has 0 saturated heterocycles. The lowest BCUT2D eigenvalue weighted by Gasteiger charge is -2.32. The molecule has 0 unspecified atom stereocenters. The molecule has 0 fully saturated rings. The molecule has 1 aromatic carbocycles. The zero-order chi connectivity index (χ0) is 19.1. The van der Waals surface area contributed by atoms with E-state index in [1.165, 1.54) is 32.4 Å². The minimum atomic E-state index is 0.164. The van der Waals surface area contributed by atoms with Crippen LogP contribution < -0.4 is 5.30 Å². The first-order valence-corrected chi connectivity index (χ1v) is 11.5. The fourth-order valence-corrected chi connectivity index (χ4v) is 5.78. The second-order valence-electron chi connectivity index (χ2n) is 11.0. The molecular formula is C22H38P2. The van der Waals surface area contributed by atoms with E-state index < -0.39 is 0 Å². The van der Waals surface area contributed by atoms with E-state index in [9.17, 15) is 0 Å². The van der Waals surface area contributed by atoms with Gasteiger partial charge in [-0.3, -0.25) is 0 Å². The zero-order valence-electron chi connectivity index (χ0n) is 18.0. The first-order chi connectivity index (χ1) is 10.4. The molecule has 24 heavy (non-hydrogen) atoms. The number of rotatable bonds is 1. The molecule has 0 bridgehead atoms. The van der Waals surface area contributed by atoms with Crippen LogP contribution in [0.5, 0.6) is 0 Å². The molecule has 0 N–H and O–H groups in total. The van der Waals surface area contributed by atoms with E-state index in [1.807, 2.05) is 0 Å². The van der Waals surface area contributed by atoms with E-state index in [2.05, 4.69) is 95.2 Å². The molecule has 0 aromatic heterocycles. The van der Waals surface area contributed by atoms with Gasteiger partial charge in [0.1, 0.15) is 0 Å². The Balaban J connectivity index is 3.85. The number of hydrogen-bond donors (Lipinski definition) is 0. The Kier molecular flexibility index (Phi) is 6.24. The summed E-state index contributed by atoms with van der Waals surface area (Å²) < 4.78 is 0.